The second kappa shape index (κ2) is 6.27. The average Bonchev–Trinajstić information content (AvgIpc) is 2.78. The van der Waals surface area contributed by atoms with Gasteiger partial charge in [-0.1, -0.05) is 54.5 Å². The van der Waals surface area contributed by atoms with Crippen LogP contribution in [-0.2, 0) is 17.4 Å². The number of rotatable bonds is 3. The van der Waals surface area contributed by atoms with Crippen molar-refractivity contribution in [3.8, 4) is 17.0 Å². The highest BCUT2D eigenvalue weighted by Crippen LogP contribution is 2.41. The number of hydrogen-bond donors (Lipinski definition) is 1. The summed E-state index contributed by atoms with van der Waals surface area (Å²) < 4.78 is 2.02. The molecule has 0 saturated heterocycles. The third-order valence-corrected chi connectivity index (χ3v) is 4.48. The number of phenols is 1. The molecule has 0 amide bonds. The Morgan fingerprint density at radius 3 is 2.12 bits per heavy atom. The molecule has 132 valence electrons. The molecule has 1 N–H and O–H groups in total. The van der Waals surface area contributed by atoms with Gasteiger partial charge in [-0.25, -0.2) is 0 Å². The lowest BCUT2D eigenvalue weighted by atomic mass is 9.78. The molecule has 24 heavy (non-hydrogen) atoms. The molecule has 0 radical (unpaired) electrons. The lowest BCUT2D eigenvalue weighted by Crippen LogP contribution is -2.17. The van der Waals surface area contributed by atoms with E-state index in [1.54, 1.807) is 0 Å². The summed E-state index contributed by atoms with van der Waals surface area (Å²) in [5, 5.41) is 15.7. The van der Waals surface area contributed by atoms with Crippen molar-refractivity contribution in [3.05, 3.63) is 35.0 Å². The predicted octanol–water partition coefficient (Wildman–Crippen LogP) is 5.57. The van der Waals surface area contributed by atoms with Gasteiger partial charge in [-0.3, -0.25) is 4.68 Å². The maximum atomic E-state index is 10.9. The van der Waals surface area contributed by atoms with Crippen molar-refractivity contribution in [2.75, 3.05) is 0 Å². The molecule has 0 spiro atoms. The predicted molar refractivity (Wildman–Crippen MR) is 102 cm³/mol. The Morgan fingerprint density at radius 1 is 1.00 bits per heavy atom. The van der Waals surface area contributed by atoms with Crippen molar-refractivity contribution in [2.45, 2.75) is 79.2 Å². The molecule has 1 aromatic heterocycles. The van der Waals surface area contributed by atoms with E-state index in [2.05, 4.69) is 73.6 Å². The lowest BCUT2D eigenvalue weighted by Gasteiger charge is -2.27. The molecule has 3 heteroatoms. The zero-order chi connectivity index (χ0) is 18.3. The first-order chi connectivity index (χ1) is 10.9. The van der Waals surface area contributed by atoms with Crippen LogP contribution < -0.4 is 0 Å². The van der Waals surface area contributed by atoms with E-state index in [1.165, 1.54) is 5.56 Å². The Kier molecular flexibility index (Phi) is 4.85. The molecule has 1 heterocycles. The second-order valence-electron chi connectivity index (χ2n) is 8.81. The van der Waals surface area contributed by atoms with Gasteiger partial charge in [0.05, 0.1) is 5.69 Å². The summed E-state index contributed by atoms with van der Waals surface area (Å²) in [6.45, 7) is 18.1. The summed E-state index contributed by atoms with van der Waals surface area (Å²) >= 11 is 0. The van der Waals surface area contributed by atoms with Crippen LogP contribution in [0.15, 0.2) is 18.2 Å². The Morgan fingerprint density at radius 2 is 1.62 bits per heavy atom. The second-order valence-corrected chi connectivity index (χ2v) is 8.81. The monoisotopic (exact) mass is 328 g/mol. The summed E-state index contributed by atoms with van der Waals surface area (Å²) in [5.74, 6) is 0.358. The van der Waals surface area contributed by atoms with E-state index in [0.29, 0.717) is 5.75 Å². The largest absolute Gasteiger partial charge is 0.507 e. The minimum absolute atomic E-state index is 0.0173. The highest BCUT2D eigenvalue weighted by atomic mass is 16.3. The van der Waals surface area contributed by atoms with Gasteiger partial charge in [-0.15, -0.1) is 0 Å². The van der Waals surface area contributed by atoms with Gasteiger partial charge < -0.3 is 5.11 Å². The van der Waals surface area contributed by atoms with Crippen molar-refractivity contribution < 1.29 is 5.11 Å². The van der Waals surface area contributed by atoms with Crippen molar-refractivity contribution in [2.24, 2.45) is 0 Å². The molecule has 2 aromatic rings. The van der Waals surface area contributed by atoms with Crippen LogP contribution in [-0.4, -0.2) is 14.9 Å². The zero-order valence-electron chi connectivity index (χ0n) is 16.5. The third-order valence-electron chi connectivity index (χ3n) is 4.48. The average molecular weight is 329 g/mol. The van der Waals surface area contributed by atoms with Gasteiger partial charge in [-0.05, 0) is 41.9 Å². The number of phenolic OH excluding ortho intramolecular Hbond substituents is 1. The van der Waals surface area contributed by atoms with Crippen LogP contribution in [0.2, 0.25) is 0 Å². The smallest absolute Gasteiger partial charge is 0.128 e. The van der Waals surface area contributed by atoms with Gasteiger partial charge >= 0.3 is 0 Å². The van der Waals surface area contributed by atoms with E-state index in [4.69, 9.17) is 5.10 Å². The number of aryl methyl sites for hydroxylation is 2. The first-order valence-electron chi connectivity index (χ1n) is 8.88. The number of hydrogen-bond acceptors (Lipinski definition) is 2. The first kappa shape index (κ1) is 18.6. The van der Waals surface area contributed by atoms with Crippen molar-refractivity contribution >= 4 is 0 Å². The molecule has 1 aromatic carbocycles. The van der Waals surface area contributed by atoms with Gasteiger partial charge in [-0.2, -0.15) is 5.10 Å². The Bertz CT molecular complexity index is 728. The van der Waals surface area contributed by atoms with Crippen molar-refractivity contribution in [1.29, 1.82) is 0 Å². The molecule has 0 aliphatic heterocycles. The van der Waals surface area contributed by atoms with Crippen molar-refractivity contribution in [3.63, 3.8) is 0 Å². The van der Waals surface area contributed by atoms with Crippen LogP contribution in [0.3, 0.4) is 0 Å². The summed E-state index contributed by atoms with van der Waals surface area (Å²) in [5.41, 5.74) is 4.92. The van der Waals surface area contributed by atoms with Crippen LogP contribution in [0.1, 0.15) is 71.7 Å². The standard InChI is InChI=1S/C21H32N2O/c1-9-10-23-14(2)11-18(22-23)16-12-15(20(3,4)5)13-17(19(16)24)21(6,7)8/h11-13,24H,9-10H2,1-8H3. The quantitative estimate of drug-likeness (QED) is 0.800. The Labute approximate surface area is 146 Å². The van der Waals surface area contributed by atoms with E-state index in [-0.39, 0.29) is 10.8 Å². The van der Waals surface area contributed by atoms with Crippen LogP contribution in [0.5, 0.6) is 5.75 Å². The van der Waals surface area contributed by atoms with E-state index in [1.807, 2.05) is 4.68 Å². The molecular formula is C21H32N2O. The minimum Gasteiger partial charge on any atom is -0.507 e. The molecule has 0 aliphatic rings. The number of aromatic nitrogens is 2. The lowest BCUT2D eigenvalue weighted by molar-refractivity contribution is 0.446. The van der Waals surface area contributed by atoms with E-state index < -0.39 is 0 Å². The zero-order valence-corrected chi connectivity index (χ0v) is 16.5. The molecule has 0 saturated carbocycles. The topological polar surface area (TPSA) is 38.0 Å². The molecular weight excluding hydrogens is 296 g/mol. The number of aromatic hydroxyl groups is 1. The maximum Gasteiger partial charge on any atom is 0.128 e. The summed E-state index contributed by atoms with van der Waals surface area (Å²) in [7, 11) is 0. The SMILES string of the molecule is CCCn1nc(-c2cc(C(C)(C)C)cc(C(C)(C)C)c2O)cc1C. The van der Waals surface area contributed by atoms with Gasteiger partial charge in [0.2, 0.25) is 0 Å². The molecule has 0 aliphatic carbocycles. The fourth-order valence-electron chi connectivity index (χ4n) is 2.91. The van der Waals surface area contributed by atoms with Crippen LogP contribution in [0.4, 0.5) is 0 Å². The van der Waals surface area contributed by atoms with Gasteiger partial charge in [0.1, 0.15) is 5.75 Å². The minimum atomic E-state index is -0.124. The maximum absolute atomic E-state index is 10.9. The van der Waals surface area contributed by atoms with Crippen LogP contribution in [0, 0.1) is 6.92 Å². The molecule has 0 bridgehead atoms. The molecule has 0 unspecified atom stereocenters. The van der Waals surface area contributed by atoms with E-state index in [0.717, 1.165) is 35.5 Å². The first-order valence-corrected chi connectivity index (χ1v) is 8.88. The van der Waals surface area contributed by atoms with Gasteiger partial charge in [0.25, 0.3) is 0 Å². The molecule has 3 nitrogen and oxygen atoms in total. The van der Waals surface area contributed by atoms with E-state index >= 15 is 0 Å². The summed E-state index contributed by atoms with van der Waals surface area (Å²) in [4.78, 5) is 0. The fourth-order valence-corrected chi connectivity index (χ4v) is 2.91. The Balaban J connectivity index is 2.71. The number of benzene rings is 1. The normalized spacial score (nSPS) is 12.7. The molecule has 0 atom stereocenters. The number of nitrogens with zero attached hydrogens (tertiary/aromatic N) is 2. The van der Waals surface area contributed by atoms with Gasteiger partial charge in [0, 0.05) is 23.4 Å². The highest BCUT2D eigenvalue weighted by molar-refractivity contribution is 5.71. The molecule has 0 fully saturated rings. The van der Waals surface area contributed by atoms with Gasteiger partial charge in [0.15, 0.2) is 0 Å². The highest BCUT2D eigenvalue weighted by Gasteiger charge is 2.26. The summed E-state index contributed by atoms with van der Waals surface area (Å²) in [6.07, 6.45) is 1.04. The van der Waals surface area contributed by atoms with Crippen LogP contribution >= 0.6 is 0 Å². The van der Waals surface area contributed by atoms with E-state index in [9.17, 15) is 5.11 Å². The Hall–Kier alpha value is -1.77. The molecule has 2 rings (SSSR count). The van der Waals surface area contributed by atoms with Crippen molar-refractivity contribution in [1.82, 2.24) is 9.78 Å². The third kappa shape index (κ3) is 3.66. The van der Waals surface area contributed by atoms with Crippen LogP contribution in [0.25, 0.3) is 11.3 Å². The summed E-state index contributed by atoms with van der Waals surface area (Å²) in [6, 6.07) is 6.32. The fraction of sp³-hybridized carbons (Fsp3) is 0.571.